The van der Waals surface area contributed by atoms with Crippen molar-refractivity contribution in [3.05, 3.63) is 41.6 Å². The van der Waals surface area contributed by atoms with Gasteiger partial charge in [0.1, 0.15) is 0 Å². The SMILES string of the molecule is Cc1nnc(CCC(=O)NCCc2ccc(S(N)(=O)=O)cc2)o1. The third kappa shape index (κ3) is 5.46. The maximum Gasteiger partial charge on any atom is 0.238 e. The van der Waals surface area contributed by atoms with E-state index in [0.717, 1.165) is 5.56 Å². The van der Waals surface area contributed by atoms with Crippen molar-refractivity contribution in [2.24, 2.45) is 5.14 Å². The van der Waals surface area contributed by atoms with E-state index in [1.54, 1.807) is 19.1 Å². The van der Waals surface area contributed by atoms with E-state index in [2.05, 4.69) is 15.5 Å². The van der Waals surface area contributed by atoms with Crippen molar-refractivity contribution >= 4 is 15.9 Å². The molecule has 0 fully saturated rings. The molecule has 0 saturated carbocycles. The number of sulfonamides is 1. The van der Waals surface area contributed by atoms with E-state index < -0.39 is 10.0 Å². The number of benzene rings is 1. The van der Waals surface area contributed by atoms with Crippen LogP contribution in [-0.4, -0.2) is 31.1 Å². The lowest BCUT2D eigenvalue weighted by Crippen LogP contribution is -2.25. The summed E-state index contributed by atoms with van der Waals surface area (Å²) in [5, 5.41) is 15.3. The molecule has 23 heavy (non-hydrogen) atoms. The Bertz CT molecular complexity index is 768. The summed E-state index contributed by atoms with van der Waals surface area (Å²) < 4.78 is 27.5. The lowest BCUT2D eigenvalue weighted by Gasteiger charge is -2.05. The fraction of sp³-hybridized carbons (Fsp3) is 0.357. The zero-order valence-electron chi connectivity index (χ0n) is 12.7. The first kappa shape index (κ1) is 17.1. The van der Waals surface area contributed by atoms with Gasteiger partial charge in [-0.1, -0.05) is 12.1 Å². The van der Waals surface area contributed by atoms with Gasteiger partial charge in [-0.15, -0.1) is 10.2 Å². The fourth-order valence-electron chi connectivity index (χ4n) is 1.94. The highest BCUT2D eigenvalue weighted by Gasteiger charge is 2.08. The van der Waals surface area contributed by atoms with E-state index in [4.69, 9.17) is 9.56 Å². The van der Waals surface area contributed by atoms with Crippen LogP contribution in [0.3, 0.4) is 0 Å². The van der Waals surface area contributed by atoms with Gasteiger partial charge in [0.2, 0.25) is 27.7 Å². The number of hydrogen-bond acceptors (Lipinski definition) is 6. The molecule has 9 heteroatoms. The minimum absolute atomic E-state index is 0.0696. The predicted octanol–water partition coefficient (Wildman–Crippen LogP) is 0.317. The Labute approximate surface area is 134 Å². The molecule has 0 unspecified atom stereocenters. The first-order chi connectivity index (χ1) is 10.8. The molecule has 0 atom stereocenters. The highest BCUT2D eigenvalue weighted by molar-refractivity contribution is 7.89. The van der Waals surface area contributed by atoms with Gasteiger partial charge in [0.25, 0.3) is 0 Å². The van der Waals surface area contributed by atoms with E-state index in [-0.39, 0.29) is 17.2 Å². The van der Waals surface area contributed by atoms with Crippen LogP contribution in [0.5, 0.6) is 0 Å². The Kier molecular flexibility index (Phi) is 5.45. The van der Waals surface area contributed by atoms with Crippen molar-refractivity contribution in [2.45, 2.75) is 31.1 Å². The second-order valence-electron chi connectivity index (χ2n) is 5.00. The van der Waals surface area contributed by atoms with Gasteiger partial charge in [-0.05, 0) is 24.1 Å². The minimum Gasteiger partial charge on any atom is -0.426 e. The Morgan fingerprint density at radius 1 is 1.22 bits per heavy atom. The number of hydrogen-bond donors (Lipinski definition) is 2. The summed E-state index contributed by atoms with van der Waals surface area (Å²) in [5.74, 6) is 0.807. The number of nitrogens with zero attached hydrogens (tertiary/aromatic N) is 2. The third-order valence-electron chi connectivity index (χ3n) is 3.12. The van der Waals surface area contributed by atoms with Crippen molar-refractivity contribution in [2.75, 3.05) is 6.54 Å². The van der Waals surface area contributed by atoms with Crippen LogP contribution in [0.1, 0.15) is 23.8 Å². The molecule has 1 amide bonds. The van der Waals surface area contributed by atoms with E-state index in [1.807, 2.05) is 0 Å². The van der Waals surface area contributed by atoms with Crippen molar-refractivity contribution in [3.8, 4) is 0 Å². The Balaban J connectivity index is 1.73. The molecule has 2 rings (SSSR count). The number of amides is 1. The van der Waals surface area contributed by atoms with Crippen LogP contribution in [0, 0.1) is 6.92 Å². The van der Waals surface area contributed by atoms with Crippen LogP contribution >= 0.6 is 0 Å². The van der Waals surface area contributed by atoms with Crippen LogP contribution in [-0.2, 0) is 27.7 Å². The van der Waals surface area contributed by atoms with Gasteiger partial charge in [0, 0.05) is 26.3 Å². The summed E-state index contributed by atoms with van der Waals surface area (Å²) in [7, 11) is -3.68. The number of rotatable bonds is 7. The van der Waals surface area contributed by atoms with E-state index in [0.29, 0.717) is 31.2 Å². The van der Waals surface area contributed by atoms with Gasteiger partial charge in [0.05, 0.1) is 4.90 Å². The Morgan fingerprint density at radius 2 is 1.91 bits per heavy atom. The maximum absolute atomic E-state index is 11.7. The second-order valence-corrected chi connectivity index (χ2v) is 6.57. The molecule has 0 spiro atoms. The molecule has 3 N–H and O–H groups in total. The number of carbonyl (C=O) groups excluding carboxylic acids is 1. The van der Waals surface area contributed by atoms with Crippen molar-refractivity contribution < 1.29 is 17.6 Å². The van der Waals surface area contributed by atoms with E-state index >= 15 is 0 Å². The summed E-state index contributed by atoms with van der Waals surface area (Å²) >= 11 is 0. The average Bonchev–Trinajstić information content (AvgIpc) is 2.90. The van der Waals surface area contributed by atoms with Crippen LogP contribution in [0.25, 0.3) is 0 Å². The fourth-order valence-corrected chi connectivity index (χ4v) is 2.45. The lowest BCUT2D eigenvalue weighted by atomic mass is 10.1. The summed E-state index contributed by atoms with van der Waals surface area (Å²) in [6.45, 7) is 2.15. The summed E-state index contributed by atoms with van der Waals surface area (Å²) in [6, 6.07) is 6.25. The molecule has 1 aromatic heterocycles. The van der Waals surface area contributed by atoms with Gasteiger partial charge in [-0.3, -0.25) is 4.79 Å². The molecule has 0 radical (unpaired) electrons. The highest BCUT2D eigenvalue weighted by atomic mass is 32.2. The third-order valence-corrected chi connectivity index (χ3v) is 4.05. The topological polar surface area (TPSA) is 128 Å². The van der Waals surface area contributed by atoms with Crippen LogP contribution in [0.15, 0.2) is 33.6 Å². The molecule has 0 aliphatic carbocycles. The molecular weight excluding hydrogens is 320 g/mol. The molecule has 0 aliphatic heterocycles. The van der Waals surface area contributed by atoms with Gasteiger partial charge >= 0.3 is 0 Å². The largest absolute Gasteiger partial charge is 0.426 e. The van der Waals surface area contributed by atoms with Gasteiger partial charge in [0.15, 0.2) is 0 Å². The molecule has 1 aromatic carbocycles. The Hall–Kier alpha value is -2.26. The summed E-state index contributed by atoms with van der Waals surface area (Å²) in [6.07, 6.45) is 1.26. The van der Waals surface area contributed by atoms with Gasteiger partial charge in [-0.2, -0.15) is 0 Å². The average molecular weight is 338 g/mol. The maximum atomic E-state index is 11.7. The Morgan fingerprint density at radius 3 is 2.48 bits per heavy atom. The summed E-state index contributed by atoms with van der Waals surface area (Å²) in [4.78, 5) is 11.8. The molecule has 0 bridgehead atoms. The first-order valence-electron chi connectivity index (χ1n) is 7.02. The van der Waals surface area contributed by atoms with Crippen LogP contribution < -0.4 is 10.5 Å². The van der Waals surface area contributed by atoms with Crippen LogP contribution in [0.4, 0.5) is 0 Å². The van der Waals surface area contributed by atoms with Gasteiger partial charge < -0.3 is 9.73 Å². The van der Waals surface area contributed by atoms with Crippen molar-refractivity contribution in [3.63, 3.8) is 0 Å². The second kappa shape index (κ2) is 7.34. The highest BCUT2D eigenvalue weighted by Crippen LogP contribution is 2.09. The van der Waals surface area contributed by atoms with Crippen molar-refractivity contribution in [1.29, 1.82) is 0 Å². The molecule has 0 aliphatic rings. The molecule has 8 nitrogen and oxygen atoms in total. The number of primary sulfonamides is 1. The minimum atomic E-state index is -3.68. The predicted molar refractivity (Wildman–Crippen MR) is 81.9 cm³/mol. The van der Waals surface area contributed by atoms with Gasteiger partial charge in [-0.25, -0.2) is 13.6 Å². The van der Waals surface area contributed by atoms with Crippen LogP contribution in [0.2, 0.25) is 0 Å². The van der Waals surface area contributed by atoms with E-state index in [9.17, 15) is 13.2 Å². The molecule has 0 saturated heterocycles. The lowest BCUT2D eigenvalue weighted by molar-refractivity contribution is -0.121. The quantitative estimate of drug-likeness (QED) is 0.748. The molecule has 1 heterocycles. The zero-order valence-corrected chi connectivity index (χ0v) is 13.5. The number of aryl methyl sites for hydroxylation is 2. The standard InChI is InChI=1S/C14H18N4O4S/c1-10-17-18-14(22-10)7-6-13(19)16-9-8-11-2-4-12(5-3-11)23(15,20)21/h2-5H,6-9H2,1H3,(H,16,19)(H2,15,20,21). The normalized spacial score (nSPS) is 11.4. The number of nitrogens with two attached hydrogens (primary N) is 1. The van der Waals surface area contributed by atoms with E-state index in [1.165, 1.54) is 12.1 Å². The zero-order chi connectivity index (χ0) is 16.9. The molecule has 124 valence electrons. The number of nitrogens with one attached hydrogen (secondary N) is 1. The van der Waals surface area contributed by atoms with Crippen molar-refractivity contribution in [1.82, 2.24) is 15.5 Å². The molecular formula is C14H18N4O4S. The molecule has 2 aromatic rings. The smallest absolute Gasteiger partial charge is 0.238 e. The summed E-state index contributed by atoms with van der Waals surface area (Å²) in [5.41, 5.74) is 0.908. The number of aromatic nitrogens is 2. The monoisotopic (exact) mass is 338 g/mol. The first-order valence-corrected chi connectivity index (χ1v) is 8.56. The number of carbonyl (C=O) groups is 1.